The number of carbonyl (C=O) groups excluding carboxylic acids is 1. The van der Waals surface area contributed by atoms with E-state index in [1.807, 2.05) is 13.8 Å². The molecule has 0 aromatic carbocycles. The summed E-state index contributed by atoms with van der Waals surface area (Å²) in [6, 6.07) is 0. The first-order chi connectivity index (χ1) is 6.34. The van der Waals surface area contributed by atoms with Gasteiger partial charge >= 0.3 is 0 Å². The number of carbonyl (C=O) groups is 1. The normalized spacial score (nSPS) is 20.5. The van der Waals surface area contributed by atoms with Gasteiger partial charge in [-0.2, -0.15) is 0 Å². The smallest absolute Gasteiger partial charge is 0.242 e. The van der Waals surface area contributed by atoms with Gasteiger partial charge in [0.15, 0.2) is 0 Å². The third-order valence-corrected chi connectivity index (χ3v) is 3.04. The first-order valence-electron chi connectivity index (χ1n) is 5.15. The van der Waals surface area contributed by atoms with E-state index in [4.69, 9.17) is 5.73 Å². The van der Waals surface area contributed by atoms with Crippen LogP contribution in [0.25, 0.3) is 0 Å². The molecule has 0 bridgehead atoms. The number of hydrogen-bond acceptors (Lipinski definition) is 3. The fourth-order valence-corrected chi connectivity index (χ4v) is 1.79. The highest BCUT2D eigenvalue weighted by Crippen LogP contribution is 2.25. The third-order valence-electron chi connectivity index (χ3n) is 3.04. The molecule has 0 radical (unpaired) electrons. The van der Waals surface area contributed by atoms with Crippen molar-refractivity contribution in [3.05, 3.63) is 0 Å². The lowest BCUT2D eigenvalue weighted by molar-refractivity contribution is -0.158. The van der Waals surface area contributed by atoms with Crippen LogP contribution in [0.15, 0.2) is 0 Å². The maximum atomic E-state index is 11.9. The summed E-state index contributed by atoms with van der Waals surface area (Å²) in [6.45, 7) is 6.38. The number of likely N-dealkylation sites (tertiary alicyclic amines) is 1. The van der Waals surface area contributed by atoms with E-state index in [0.717, 1.165) is 0 Å². The number of β-amino-alcohol motifs (C(OH)–C–C–N with tert-alkyl or cyclic N) is 1. The molecule has 82 valence electrons. The van der Waals surface area contributed by atoms with Gasteiger partial charge in [0.1, 0.15) is 0 Å². The van der Waals surface area contributed by atoms with Crippen LogP contribution in [0.2, 0.25) is 0 Å². The number of aliphatic hydroxyl groups is 1. The summed E-state index contributed by atoms with van der Waals surface area (Å²) in [5.74, 6) is -0.0333. The zero-order valence-corrected chi connectivity index (χ0v) is 9.21. The molecular formula is C10H20N2O2. The molecular weight excluding hydrogens is 180 g/mol. The van der Waals surface area contributed by atoms with Gasteiger partial charge in [-0.1, -0.05) is 13.8 Å². The van der Waals surface area contributed by atoms with Crippen LogP contribution in [0.1, 0.15) is 33.6 Å². The molecule has 0 saturated carbocycles. The fraction of sp³-hybridized carbons (Fsp3) is 0.900. The van der Waals surface area contributed by atoms with Crippen LogP contribution in [0.4, 0.5) is 0 Å². The van der Waals surface area contributed by atoms with Gasteiger partial charge in [0.2, 0.25) is 5.91 Å². The first-order valence-corrected chi connectivity index (χ1v) is 5.15. The third kappa shape index (κ3) is 1.91. The van der Waals surface area contributed by atoms with Gasteiger partial charge in [-0.15, -0.1) is 0 Å². The van der Waals surface area contributed by atoms with E-state index < -0.39 is 11.1 Å². The summed E-state index contributed by atoms with van der Waals surface area (Å²) in [6.07, 6.45) is 1.28. The Bertz CT molecular complexity index is 226. The molecule has 1 saturated heterocycles. The lowest BCUT2D eigenvalue weighted by Gasteiger charge is -2.47. The number of nitrogens with two attached hydrogens (primary N) is 1. The molecule has 0 aromatic rings. The molecule has 3 N–H and O–H groups in total. The maximum absolute atomic E-state index is 11.9. The van der Waals surface area contributed by atoms with Gasteiger partial charge in [-0.05, 0) is 19.8 Å². The SMILES string of the molecule is CCC(N)(CC)C(=O)N1CC(C)(O)C1. The van der Waals surface area contributed by atoms with Crippen LogP contribution < -0.4 is 5.73 Å². The molecule has 14 heavy (non-hydrogen) atoms. The molecule has 0 aliphatic carbocycles. The Hall–Kier alpha value is -0.610. The van der Waals surface area contributed by atoms with Crippen molar-refractivity contribution in [2.75, 3.05) is 13.1 Å². The van der Waals surface area contributed by atoms with Crippen molar-refractivity contribution in [3.63, 3.8) is 0 Å². The highest BCUT2D eigenvalue weighted by molar-refractivity contribution is 5.86. The first kappa shape index (κ1) is 11.5. The summed E-state index contributed by atoms with van der Waals surface area (Å²) in [7, 11) is 0. The molecule has 1 rings (SSSR count). The summed E-state index contributed by atoms with van der Waals surface area (Å²) in [4.78, 5) is 13.5. The monoisotopic (exact) mass is 200 g/mol. The average Bonchev–Trinajstić information content (AvgIpc) is 2.11. The van der Waals surface area contributed by atoms with Crippen molar-refractivity contribution in [1.82, 2.24) is 4.90 Å². The van der Waals surface area contributed by atoms with Gasteiger partial charge in [-0.3, -0.25) is 4.79 Å². The lowest BCUT2D eigenvalue weighted by atomic mass is 9.88. The van der Waals surface area contributed by atoms with E-state index in [-0.39, 0.29) is 5.91 Å². The molecule has 4 nitrogen and oxygen atoms in total. The molecule has 1 aliphatic heterocycles. The van der Waals surface area contributed by atoms with E-state index >= 15 is 0 Å². The molecule has 0 aromatic heterocycles. The summed E-state index contributed by atoms with van der Waals surface area (Å²) >= 11 is 0. The predicted octanol–water partition coefficient (Wildman–Crippen LogP) is 0.0971. The van der Waals surface area contributed by atoms with Crippen LogP contribution in [0.3, 0.4) is 0 Å². The summed E-state index contributed by atoms with van der Waals surface area (Å²) in [5.41, 5.74) is 4.52. The van der Waals surface area contributed by atoms with Gasteiger partial charge in [0, 0.05) is 0 Å². The van der Waals surface area contributed by atoms with Crippen molar-refractivity contribution in [1.29, 1.82) is 0 Å². The minimum Gasteiger partial charge on any atom is -0.386 e. The van der Waals surface area contributed by atoms with Gasteiger partial charge in [0.05, 0.1) is 24.2 Å². The number of nitrogens with zero attached hydrogens (tertiary/aromatic N) is 1. The molecule has 1 fully saturated rings. The molecule has 1 aliphatic rings. The van der Waals surface area contributed by atoms with Crippen LogP contribution in [0.5, 0.6) is 0 Å². The maximum Gasteiger partial charge on any atom is 0.242 e. The Morgan fingerprint density at radius 2 is 1.93 bits per heavy atom. The summed E-state index contributed by atoms with van der Waals surface area (Å²) in [5, 5.41) is 9.51. The quantitative estimate of drug-likeness (QED) is 0.679. The molecule has 0 unspecified atom stereocenters. The van der Waals surface area contributed by atoms with E-state index in [2.05, 4.69) is 0 Å². The Labute approximate surface area is 85.1 Å². The van der Waals surface area contributed by atoms with Gasteiger partial charge in [-0.25, -0.2) is 0 Å². The molecule has 1 amide bonds. The standard InChI is InChI=1S/C10H20N2O2/c1-4-10(11,5-2)8(13)12-6-9(3,14)7-12/h14H,4-7,11H2,1-3H3. The van der Waals surface area contributed by atoms with Crippen molar-refractivity contribution in [2.24, 2.45) is 5.73 Å². The van der Waals surface area contributed by atoms with Crippen molar-refractivity contribution in [2.45, 2.75) is 44.8 Å². The largest absolute Gasteiger partial charge is 0.386 e. The number of amides is 1. The highest BCUT2D eigenvalue weighted by Gasteiger charge is 2.44. The summed E-state index contributed by atoms with van der Waals surface area (Å²) < 4.78 is 0. The van der Waals surface area contributed by atoms with E-state index in [1.54, 1.807) is 11.8 Å². The predicted molar refractivity (Wildman–Crippen MR) is 54.7 cm³/mol. The molecule has 0 spiro atoms. The highest BCUT2D eigenvalue weighted by atomic mass is 16.3. The minimum atomic E-state index is -0.740. The minimum absolute atomic E-state index is 0.0333. The zero-order chi connectivity index (χ0) is 11.0. The van der Waals surface area contributed by atoms with E-state index in [9.17, 15) is 9.90 Å². The second-order valence-electron chi connectivity index (χ2n) is 4.52. The van der Waals surface area contributed by atoms with Gasteiger partial charge in [0.25, 0.3) is 0 Å². The zero-order valence-electron chi connectivity index (χ0n) is 9.21. The second kappa shape index (κ2) is 3.51. The van der Waals surface area contributed by atoms with Crippen LogP contribution in [-0.2, 0) is 4.79 Å². The average molecular weight is 200 g/mol. The Morgan fingerprint density at radius 3 is 2.21 bits per heavy atom. The lowest BCUT2D eigenvalue weighted by Crippen LogP contribution is -2.67. The van der Waals surface area contributed by atoms with Crippen molar-refractivity contribution in [3.8, 4) is 0 Å². The van der Waals surface area contributed by atoms with Gasteiger partial charge < -0.3 is 15.7 Å². The molecule has 4 heteroatoms. The van der Waals surface area contributed by atoms with Crippen LogP contribution >= 0.6 is 0 Å². The van der Waals surface area contributed by atoms with Crippen LogP contribution in [0, 0.1) is 0 Å². The Morgan fingerprint density at radius 1 is 1.50 bits per heavy atom. The van der Waals surface area contributed by atoms with E-state index in [1.165, 1.54) is 0 Å². The Balaban J connectivity index is 2.59. The second-order valence-corrected chi connectivity index (χ2v) is 4.52. The van der Waals surface area contributed by atoms with Crippen molar-refractivity contribution < 1.29 is 9.90 Å². The molecule has 0 atom stereocenters. The number of hydrogen-bond donors (Lipinski definition) is 2. The molecule has 1 heterocycles. The fourth-order valence-electron chi connectivity index (χ4n) is 1.79. The Kier molecular flexibility index (Phi) is 2.88. The van der Waals surface area contributed by atoms with Crippen molar-refractivity contribution >= 4 is 5.91 Å². The van der Waals surface area contributed by atoms with Crippen LogP contribution in [-0.4, -0.2) is 40.1 Å². The number of rotatable bonds is 3. The topological polar surface area (TPSA) is 66.6 Å². The van der Waals surface area contributed by atoms with E-state index in [0.29, 0.717) is 25.9 Å².